The van der Waals surface area contributed by atoms with Crippen LogP contribution in [-0.4, -0.2) is 12.1 Å². The van der Waals surface area contributed by atoms with Crippen molar-refractivity contribution in [2.24, 2.45) is 0 Å². The zero-order valence-corrected chi connectivity index (χ0v) is 10.6. The molecule has 1 N–H and O–H groups in total. The fraction of sp³-hybridized carbons (Fsp3) is 0.182. The summed E-state index contributed by atoms with van der Waals surface area (Å²) in [6.45, 7) is 0.596. The van der Waals surface area contributed by atoms with E-state index in [0.29, 0.717) is 11.0 Å². The molecule has 0 radical (unpaired) electrons. The summed E-state index contributed by atoms with van der Waals surface area (Å²) in [6.07, 6.45) is 1.71. The number of halogens is 2. The molecule has 0 fully saturated rings. The van der Waals surface area contributed by atoms with Crippen LogP contribution >= 0.6 is 22.9 Å². The summed E-state index contributed by atoms with van der Waals surface area (Å²) in [4.78, 5) is 4.95. The van der Waals surface area contributed by atoms with Crippen molar-refractivity contribution in [3.8, 4) is 5.75 Å². The van der Waals surface area contributed by atoms with Crippen LogP contribution in [0.15, 0.2) is 24.4 Å². The van der Waals surface area contributed by atoms with Gasteiger partial charge in [0.15, 0.2) is 16.0 Å². The van der Waals surface area contributed by atoms with E-state index >= 15 is 0 Å². The largest absolute Gasteiger partial charge is 0.494 e. The highest BCUT2D eigenvalue weighted by atomic mass is 35.5. The highest BCUT2D eigenvalue weighted by Gasteiger charge is 2.04. The number of methoxy groups -OCH3 is 1. The first-order chi connectivity index (χ1) is 8.19. The van der Waals surface area contributed by atoms with Crippen molar-refractivity contribution >= 4 is 28.6 Å². The van der Waals surface area contributed by atoms with Gasteiger partial charge >= 0.3 is 0 Å². The van der Waals surface area contributed by atoms with Gasteiger partial charge in [-0.1, -0.05) is 11.6 Å². The quantitative estimate of drug-likeness (QED) is 0.924. The molecule has 0 saturated heterocycles. The Hall–Kier alpha value is -1.33. The molecule has 1 heterocycles. The normalized spacial score (nSPS) is 10.3. The van der Waals surface area contributed by atoms with Gasteiger partial charge in [0, 0.05) is 22.8 Å². The third-order valence-electron chi connectivity index (χ3n) is 2.14. The first-order valence-corrected chi connectivity index (χ1v) is 6.06. The van der Waals surface area contributed by atoms with Gasteiger partial charge in [0.1, 0.15) is 0 Å². The molecule has 3 nitrogen and oxygen atoms in total. The second-order valence-electron chi connectivity index (χ2n) is 3.28. The smallest absolute Gasteiger partial charge is 0.183 e. The van der Waals surface area contributed by atoms with E-state index < -0.39 is 0 Å². The van der Waals surface area contributed by atoms with E-state index in [1.54, 1.807) is 18.3 Å². The van der Waals surface area contributed by atoms with Gasteiger partial charge in [-0.15, -0.1) is 11.3 Å². The van der Waals surface area contributed by atoms with Crippen molar-refractivity contribution in [3.05, 3.63) is 39.6 Å². The van der Waals surface area contributed by atoms with Crippen molar-refractivity contribution in [1.29, 1.82) is 0 Å². The highest BCUT2D eigenvalue weighted by Crippen LogP contribution is 2.23. The number of hydrogen-bond donors (Lipinski definition) is 1. The summed E-state index contributed by atoms with van der Waals surface area (Å²) in [5.74, 6) is -0.156. The Bertz CT molecular complexity index is 518. The van der Waals surface area contributed by atoms with Gasteiger partial charge in [0.2, 0.25) is 0 Å². The maximum absolute atomic E-state index is 13.2. The monoisotopic (exact) mass is 272 g/mol. The number of aromatic nitrogens is 1. The Morgan fingerprint density at radius 3 is 3.00 bits per heavy atom. The topological polar surface area (TPSA) is 34.1 Å². The first kappa shape index (κ1) is 12.1. The number of thiazole rings is 1. The minimum Gasteiger partial charge on any atom is -0.494 e. The van der Waals surface area contributed by atoms with Crippen LogP contribution in [0.4, 0.5) is 10.1 Å². The number of nitrogens with one attached hydrogen (secondary N) is 1. The molecule has 90 valence electrons. The van der Waals surface area contributed by atoms with Gasteiger partial charge in [0.25, 0.3) is 0 Å². The Kier molecular flexibility index (Phi) is 3.81. The molecule has 1 aromatic heterocycles. The summed E-state index contributed by atoms with van der Waals surface area (Å²) in [6, 6.07) is 4.62. The van der Waals surface area contributed by atoms with E-state index in [1.807, 2.05) is 0 Å². The van der Waals surface area contributed by atoms with E-state index in [4.69, 9.17) is 16.3 Å². The lowest BCUT2D eigenvalue weighted by molar-refractivity contribution is 0.387. The molecule has 0 aliphatic heterocycles. The molecule has 0 aliphatic rings. The third kappa shape index (κ3) is 3.08. The third-order valence-corrected chi connectivity index (χ3v) is 3.26. The minimum atomic E-state index is -0.376. The molecule has 0 atom stereocenters. The highest BCUT2D eigenvalue weighted by molar-refractivity contribution is 7.15. The number of nitrogens with zero attached hydrogens (tertiary/aromatic N) is 1. The summed E-state index contributed by atoms with van der Waals surface area (Å²) < 4.78 is 18.6. The van der Waals surface area contributed by atoms with Crippen molar-refractivity contribution in [2.75, 3.05) is 12.4 Å². The average Bonchev–Trinajstić information content (AvgIpc) is 2.74. The van der Waals surface area contributed by atoms with Crippen molar-refractivity contribution in [1.82, 2.24) is 4.98 Å². The lowest BCUT2D eigenvalue weighted by Crippen LogP contribution is -1.98. The molecule has 0 bridgehead atoms. The van der Waals surface area contributed by atoms with Crippen LogP contribution in [0.5, 0.6) is 5.75 Å². The minimum absolute atomic E-state index is 0.220. The van der Waals surface area contributed by atoms with Crippen LogP contribution in [0.25, 0.3) is 0 Å². The molecular formula is C11H10ClFN2OS. The Balaban J connectivity index is 2.04. The van der Waals surface area contributed by atoms with E-state index in [0.717, 1.165) is 10.6 Å². The SMILES string of the molecule is COc1cc(NCc2cnc(Cl)s2)ccc1F. The maximum Gasteiger partial charge on any atom is 0.183 e. The maximum atomic E-state index is 13.2. The van der Waals surface area contributed by atoms with Crippen molar-refractivity contribution in [3.63, 3.8) is 0 Å². The molecule has 0 unspecified atom stereocenters. The van der Waals surface area contributed by atoms with Gasteiger partial charge in [0.05, 0.1) is 13.7 Å². The molecule has 17 heavy (non-hydrogen) atoms. The van der Waals surface area contributed by atoms with Gasteiger partial charge in [-0.25, -0.2) is 9.37 Å². The van der Waals surface area contributed by atoms with E-state index in [9.17, 15) is 4.39 Å². The lowest BCUT2D eigenvalue weighted by atomic mass is 10.3. The fourth-order valence-electron chi connectivity index (χ4n) is 1.32. The molecule has 1 aromatic carbocycles. The number of hydrogen-bond acceptors (Lipinski definition) is 4. The standard InChI is InChI=1S/C11H10ClFN2OS/c1-16-10-4-7(2-3-9(10)13)14-5-8-6-15-11(12)17-8/h2-4,6,14H,5H2,1H3. The van der Waals surface area contributed by atoms with Crippen LogP contribution in [-0.2, 0) is 6.54 Å². The summed E-state index contributed by atoms with van der Waals surface area (Å²) in [5, 5.41) is 3.14. The Morgan fingerprint density at radius 1 is 1.53 bits per heavy atom. The second-order valence-corrected chi connectivity index (χ2v) is 4.98. The predicted octanol–water partition coefficient (Wildman–Crippen LogP) is 3.56. The first-order valence-electron chi connectivity index (χ1n) is 4.86. The van der Waals surface area contributed by atoms with Gasteiger partial charge in [-0.3, -0.25) is 0 Å². The van der Waals surface area contributed by atoms with Crippen LogP contribution in [0.3, 0.4) is 0 Å². The molecule has 0 aliphatic carbocycles. The van der Waals surface area contributed by atoms with Crippen LogP contribution in [0, 0.1) is 5.82 Å². The predicted molar refractivity (Wildman–Crippen MR) is 67.4 cm³/mol. The van der Waals surface area contributed by atoms with Crippen LogP contribution < -0.4 is 10.1 Å². The van der Waals surface area contributed by atoms with Gasteiger partial charge < -0.3 is 10.1 Å². The van der Waals surface area contributed by atoms with Crippen molar-refractivity contribution in [2.45, 2.75) is 6.54 Å². The number of ether oxygens (including phenoxy) is 1. The van der Waals surface area contributed by atoms with E-state index in [2.05, 4.69) is 10.3 Å². The molecule has 2 rings (SSSR count). The average molecular weight is 273 g/mol. The molecule has 0 amide bonds. The Labute approximate surface area is 107 Å². The van der Waals surface area contributed by atoms with E-state index in [-0.39, 0.29) is 11.6 Å². The van der Waals surface area contributed by atoms with Crippen LogP contribution in [0.1, 0.15) is 4.88 Å². The lowest BCUT2D eigenvalue weighted by Gasteiger charge is -2.07. The van der Waals surface area contributed by atoms with E-state index in [1.165, 1.54) is 24.5 Å². The zero-order valence-electron chi connectivity index (χ0n) is 9.04. The zero-order chi connectivity index (χ0) is 12.3. The number of rotatable bonds is 4. The molecule has 0 spiro atoms. The Morgan fingerprint density at radius 2 is 2.35 bits per heavy atom. The molecule has 0 saturated carbocycles. The van der Waals surface area contributed by atoms with Crippen LogP contribution in [0.2, 0.25) is 4.47 Å². The van der Waals surface area contributed by atoms with Gasteiger partial charge in [-0.05, 0) is 12.1 Å². The summed E-state index contributed by atoms with van der Waals surface area (Å²) in [5.41, 5.74) is 0.785. The number of anilines is 1. The van der Waals surface area contributed by atoms with Gasteiger partial charge in [-0.2, -0.15) is 0 Å². The molecule has 6 heteroatoms. The van der Waals surface area contributed by atoms with Crippen molar-refractivity contribution < 1.29 is 9.13 Å². The number of benzene rings is 1. The second kappa shape index (κ2) is 5.33. The summed E-state index contributed by atoms with van der Waals surface area (Å²) >= 11 is 7.13. The summed E-state index contributed by atoms with van der Waals surface area (Å²) in [7, 11) is 1.44. The fourth-order valence-corrected chi connectivity index (χ4v) is 2.24. The molecule has 2 aromatic rings. The molecular weight excluding hydrogens is 263 g/mol.